The minimum Gasteiger partial charge on any atom is -0.508 e. The molecule has 7 heteroatoms. The molecular formula is C15H13N3O3S. The molecule has 22 heavy (non-hydrogen) atoms. The summed E-state index contributed by atoms with van der Waals surface area (Å²) in [6.45, 7) is 0. The zero-order valence-corrected chi connectivity index (χ0v) is 12.2. The van der Waals surface area contributed by atoms with Crippen molar-refractivity contribution in [2.24, 2.45) is 5.14 Å². The lowest BCUT2D eigenvalue weighted by molar-refractivity contribution is 0.475. The number of aromatic nitrogens is 2. The lowest BCUT2D eigenvalue weighted by Gasteiger charge is -2.09. The van der Waals surface area contributed by atoms with Gasteiger partial charge in [0, 0.05) is 23.6 Å². The first kappa shape index (κ1) is 14.3. The Morgan fingerprint density at radius 2 is 1.82 bits per heavy atom. The number of hydrogen-bond donors (Lipinski definition) is 2. The summed E-state index contributed by atoms with van der Waals surface area (Å²) in [5.41, 5.74) is 1.43. The first-order chi connectivity index (χ1) is 10.4. The number of nitrogens with zero attached hydrogens (tertiary/aromatic N) is 2. The van der Waals surface area contributed by atoms with Crippen LogP contribution in [0.4, 0.5) is 0 Å². The normalized spacial score (nSPS) is 11.5. The third-order valence-corrected chi connectivity index (χ3v) is 4.10. The first-order valence-corrected chi connectivity index (χ1v) is 7.96. The van der Waals surface area contributed by atoms with E-state index in [-0.39, 0.29) is 10.6 Å². The molecule has 0 aliphatic heterocycles. The highest BCUT2D eigenvalue weighted by Gasteiger charge is 2.12. The van der Waals surface area contributed by atoms with Gasteiger partial charge in [0.1, 0.15) is 11.6 Å². The number of sulfonamides is 1. The number of hydrogen-bond acceptors (Lipinski definition) is 4. The Kier molecular flexibility index (Phi) is 3.44. The van der Waals surface area contributed by atoms with Crippen LogP contribution in [0.15, 0.2) is 65.8 Å². The summed E-state index contributed by atoms with van der Waals surface area (Å²) in [5, 5.41) is 14.5. The summed E-state index contributed by atoms with van der Waals surface area (Å²) in [4.78, 5) is 4.32. The fraction of sp³-hybridized carbons (Fsp3) is 0. The third kappa shape index (κ3) is 2.72. The predicted octanol–water partition coefficient (Wildman–Crippen LogP) is 1.89. The summed E-state index contributed by atoms with van der Waals surface area (Å²) in [6.07, 6.45) is 3.34. The zero-order valence-electron chi connectivity index (χ0n) is 11.4. The van der Waals surface area contributed by atoms with E-state index >= 15 is 0 Å². The van der Waals surface area contributed by atoms with E-state index in [0.717, 1.165) is 5.56 Å². The number of phenolic OH excluding ortho intramolecular Hbond substituents is 1. The van der Waals surface area contributed by atoms with E-state index < -0.39 is 10.0 Å². The molecule has 0 aliphatic carbocycles. The second kappa shape index (κ2) is 5.28. The van der Waals surface area contributed by atoms with Gasteiger partial charge in [-0.15, -0.1) is 0 Å². The number of benzene rings is 2. The Hall–Kier alpha value is -2.64. The van der Waals surface area contributed by atoms with Crippen molar-refractivity contribution < 1.29 is 13.5 Å². The maximum atomic E-state index is 11.5. The van der Waals surface area contributed by atoms with Crippen LogP contribution in [-0.4, -0.2) is 23.1 Å². The second-order valence-electron chi connectivity index (χ2n) is 4.71. The highest BCUT2D eigenvalue weighted by molar-refractivity contribution is 7.89. The van der Waals surface area contributed by atoms with E-state index in [1.165, 1.54) is 12.1 Å². The minimum absolute atomic E-state index is 0.0374. The van der Waals surface area contributed by atoms with Gasteiger partial charge in [0.15, 0.2) is 0 Å². The monoisotopic (exact) mass is 315 g/mol. The average Bonchev–Trinajstić information content (AvgIpc) is 2.97. The number of nitrogens with two attached hydrogens (primary N) is 1. The standard InChI is InChI=1S/C15H13N3O3S/c16-22(20,21)14-3-1-2-12(10-14)18-9-8-17-15(18)11-4-6-13(19)7-5-11/h1-10,19H,(H2,16,20,21). The van der Waals surface area contributed by atoms with Crippen molar-refractivity contribution >= 4 is 10.0 Å². The summed E-state index contributed by atoms with van der Waals surface area (Å²) in [7, 11) is -3.77. The molecule has 1 aromatic heterocycles. The van der Waals surface area contributed by atoms with Crippen LogP contribution >= 0.6 is 0 Å². The molecule has 0 saturated carbocycles. The van der Waals surface area contributed by atoms with Crippen LogP contribution < -0.4 is 5.14 Å². The number of phenols is 1. The van der Waals surface area contributed by atoms with Crippen LogP contribution in [0, 0.1) is 0 Å². The molecule has 0 atom stereocenters. The smallest absolute Gasteiger partial charge is 0.238 e. The van der Waals surface area contributed by atoms with E-state index in [4.69, 9.17) is 5.14 Å². The number of aromatic hydroxyl groups is 1. The van der Waals surface area contributed by atoms with Crippen molar-refractivity contribution in [3.63, 3.8) is 0 Å². The van der Waals surface area contributed by atoms with E-state index in [1.54, 1.807) is 53.4 Å². The molecule has 1 heterocycles. The van der Waals surface area contributed by atoms with E-state index in [0.29, 0.717) is 11.5 Å². The molecule has 0 spiro atoms. The SMILES string of the molecule is NS(=O)(=O)c1cccc(-n2ccnc2-c2ccc(O)cc2)c1. The van der Waals surface area contributed by atoms with Gasteiger partial charge in [-0.25, -0.2) is 18.5 Å². The predicted molar refractivity (Wildman–Crippen MR) is 82.0 cm³/mol. The fourth-order valence-electron chi connectivity index (χ4n) is 2.15. The van der Waals surface area contributed by atoms with E-state index in [9.17, 15) is 13.5 Å². The van der Waals surface area contributed by atoms with Crippen molar-refractivity contribution in [3.8, 4) is 22.8 Å². The number of rotatable bonds is 3. The second-order valence-corrected chi connectivity index (χ2v) is 6.27. The number of imidazole rings is 1. The van der Waals surface area contributed by atoms with Crippen LogP contribution in [-0.2, 0) is 10.0 Å². The highest BCUT2D eigenvalue weighted by atomic mass is 32.2. The van der Waals surface area contributed by atoms with Gasteiger partial charge in [0.25, 0.3) is 0 Å². The molecule has 112 valence electrons. The van der Waals surface area contributed by atoms with Gasteiger partial charge < -0.3 is 5.11 Å². The quantitative estimate of drug-likeness (QED) is 0.771. The van der Waals surface area contributed by atoms with Crippen molar-refractivity contribution in [1.29, 1.82) is 0 Å². The van der Waals surface area contributed by atoms with Crippen LogP contribution in [0.25, 0.3) is 17.1 Å². The lowest BCUT2D eigenvalue weighted by atomic mass is 10.2. The van der Waals surface area contributed by atoms with Gasteiger partial charge in [0.05, 0.1) is 4.90 Å². The molecule has 0 aliphatic rings. The van der Waals surface area contributed by atoms with Crippen molar-refractivity contribution in [2.75, 3.05) is 0 Å². The third-order valence-electron chi connectivity index (χ3n) is 3.19. The van der Waals surface area contributed by atoms with Gasteiger partial charge in [-0.05, 0) is 42.5 Å². The highest BCUT2D eigenvalue weighted by Crippen LogP contribution is 2.24. The van der Waals surface area contributed by atoms with Gasteiger partial charge in [-0.1, -0.05) is 6.07 Å². The van der Waals surface area contributed by atoms with Crippen LogP contribution in [0.5, 0.6) is 5.75 Å². The Bertz CT molecular complexity index is 915. The van der Waals surface area contributed by atoms with Gasteiger partial charge in [-0.2, -0.15) is 0 Å². The molecule has 2 aromatic carbocycles. The molecule has 0 radical (unpaired) electrons. The summed E-state index contributed by atoms with van der Waals surface area (Å²) in [5.74, 6) is 0.796. The Morgan fingerprint density at radius 1 is 1.09 bits per heavy atom. The van der Waals surface area contributed by atoms with E-state index in [2.05, 4.69) is 4.98 Å². The first-order valence-electron chi connectivity index (χ1n) is 6.41. The Balaban J connectivity index is 2.11. The number of primary sulfonamides is 1. The molecule has 0 bridgehead atoms. The lowest BCUT2D eigenvalue weighted by Crippen LogP contribution is -2.12. The summed E-state index contributed by atoms with van der Waals surface area (Å²) in [6, 6.07) is 12.9. The molecule has 3 aromatic rings. The van der Waals surface area contributed by atoms with Crippen molar-refractivity contribution in [2.45, 2.75) is 4.90 Å². The molecule has 3 N–H and O–H groups in total. The Morgan fingerprint density at radius 3 is 2.50 bits per heavy atom. The zero-order chi connectivity index (χ0) is 15.7. The average molecular weight is 315 g/mol. The van der Waals surface area contributed by atoms with Crippen LogP contribution in [0.1, 0.15) is 0 Å². The van der Waals surface area contributed by atoms with Crippen molar-refractivity contribution in [3.05, 3.63) is 60.9 Å². The van der Waals surface area contributed by atoms with E-state index in [1.807, 2.05) is 0 Å². The molecular weight excluding hydrogens is 302 g/mol. The van der Waals surface area contributed by atoms with Gasteiger partial charge >= 0.3 is 0 Å². The largest absolute Gasteiger partial charge is 0.508 e. The van der Waals surface area contributed by atoms with Crippen LogP contribution in [0.3, 0.4) is 0 Å². The molecule has 3 rings (SSSR count). The fourth-order valence-corrected chi connectivity index (χ4v) is 2.70. The molecule has 0 unspecified atom stereocenters. The van der Waals surface area contributed by atoms with Crippen LogP contribution in [0.2, 0.25) is 0 Å². The summed E-state index contributed by atoms with van der Waals surface area (Å²) >= 11 is 0. The molecule has 0 amide bonds. The molecule has 0 fully saturated rings. The molecule has 0 saturated heterocycles. The topological polar surface area (TPSA) is 98.2 Å². The Labute approximate surface area is 127 Å². The minimum atomic E-state index is -3.77. The summed E-state index contributed by atoms with van der Waals surface area (Å²) < 4.78 is 24.7. The maximum absolute atomic E-state index is 11.5. The maximum Gasteiger partial charge on any atom is 0.238 e. The van der Waals surface area contributed by atoms with Crippen molar-refractivity contribution in [1.82, 2.24) is 9.55 Å². The van der Waals surface area contributed by atoms with Gasteiger partial charge in [-0.3, -0.25) is 4.57 Å². The molecule has 6 nitrogen and oxygen atoms in total. The van der Waals surface area contributed by atoms with Gasteiger partial charge in [0.2, 0.25) is 10.0 Å².